The Hall–Kier alpha value is -3.15. The molecular formula is C25H27N3O3. The molecule has 1 fully saturated rings. The van der Waals surface area contributed by atoms with Crippen molar-refractivity contribution in [1.29, 1.82) is 0 Å². The lowest BCUT2D eigenvalue weighted by Gasteiger charge is -2.37. The van der Waals surface area contributed by atoms with Gasteiger partial charge in [-0.15, -0.1) is 0 Å². The number of hydrogen-bond donors (Lipinski definition) is 1. The first kappa shape index (κ1) is 19.8. The van der Waals surface area contributed by atoms with Gasteiger partial charge >= 0.3 is 0 Å². The van der Waals surface area contributed by atoms with Gasteiger partial charge in [-0.25, -0.2) is 0 Å². The molecule has 3 atom stereocenters. The van der Waals surface area contributed by atoms with Crippen molar-refractivity contribution >= 4 is 17.3 Å². The molecule has 0 saturated carbocycles. The molecule has 1 amide bonds. The van der Waals surface area contributed by atoms with Crippen molar-refractivity contribution < 1.29 is 9.72 Å². The second-order valence-corrected chi connectivity index (χ2v) is 8.83. The number of nitrogens with one attached hydrogen (secondary N) is 1. The lowest BCUT2D eigenvalue weighted by Crippen LogP contribution is -2.33. The number of carbonyl (C=O) groups excluding carboxylic acids is 1. The predicted octanol–water partition coefficient (Wildman–Crippen LogP) is 5.44. The van der Waals surface area contributed by atoms with Gasteiger partial charge in [0.15, 0.2) is 0 Å². The Morgan fingerprint density at radius 2 is 1.77 bits per heavy atom. The fraction of sp³-hybridized carbons (Fsp3) is 0.400. The lowest BCUT2D eigenvalue weighted by molar-refractivity contribution is -0.384. The van der Waals surface area contributed by atoms with Gasteiger partial charge in [0.2, 0.25) is 0 Å². The van der Waals surface area contributed by atoms with Crippen LogP contribution in [0.3, 0.4) is 0 Å². The number of non-ortho nitro benzene ring substituents is 1. The summed E-state index contributed by atoms with van der Waals surface area (Å²) in [6.07, 6.45) is 10.00. The van der Waals surface area contributed by atoms with Crippen LogP contribution in [0.15, 0.2) is 54.6 Å². The molecule has 0 unspecified atom stereocenters. The van der Waals surface area contributed by atoms with E-state index in [1.807, 2.05) is 29.2 Å². The smallest absolute Gasteiger partial charge is 0.269 e. The summed E-state index contributed by atoms with van der Waals surface area (Å²) in [5.41, 5.74) is 4.16. The lowest BCUT2D eigenvalue weighted by atomic mass is 9.76. The van der Waals surface area contributed by atoms with E-state index in [9.17, 15) is 14.9 Å². The molecule has 1 aliphatic carbocycles. The third kappa shape index (κ3) is 3.71. The summed E-state index contributed by atoms with van der Waals surface area (Å²) in [6.45, 7) is 1.70. The number of hydrogen-bond acceptors (Lipinski definition) is 4. The van der Waals surface area contributed by atoms with Crippen molar-refractivity contribution in [3.05, 3.63) is 81.4 Å². The molecule has 3 aliphatic rings. The minimum atomic E-state index is -0.365. The highest BCUT2D eigenvalue weighted by molar-refractivity contribution is 5.95. The molecule has 0 spiro atoms. The monoisotopic (exact) mass is 417 g/mol. The Balaban J connectivity index is 1.43. The number of benzene rings is 2. The Labute approximate surface area is 182 Å². The number of amides is 1. The van der Waals surface area contributed by atoms with E-state index in [0.717, 1.165) is 49.2 Å². The van der Waals surface area contributed by atoms with Crippen molar-refractivity contribution in [2.24, 2.45) is 5.92 Å². The molecule has 31 heavy (non-hydrogen) atoms. The first-order valence-corrected chi connectivity index (χ1v) is 11.2. The molecule has 5 rings (SSSR count). The molecule has 6 nitrogen and oxygen atoms in total. The third-order valence-corrected chi connectivity index (χ3v) is 6.97. The van der Waals surface area contributed by atoms with Crippen LogP contribution in [0.4, 0.5) is 11.4 Å². The second kappa shape index (κ2) is 8.17. The second-order valence-electron chi connectivity index (χ2n) is 8.83. The maximum absolute atomic E-state index is 13.1. The van der Waals surface area contributed by atoms with E-state index in [-0.39, 0.29) is 28.5 Å². The van der Waals surface area contributed by atoms with E-state index in [4.69, 9.17) is 0 Å². The first-order chi connectivity index (χ1) is 15.1. The normalized spacial score (nSPS) is 24.6. The Kier molecular flexibility index (Phi) is 5.22. The maximum atomic E-state index is 13.1. The Morgan fingerprint density at radius 3 is 2.48 bits per heavy atom. The van der Waals surface area contributed by atoms with Crippen LogP contribution < -0.4 is 5.32 Å². The fourth-order valence-corrected chi connectivity index (χ4v) is 5.32. The van der Waals surface area contributed by atoms with Crippen molar-refractivity contribution in [2.45, 2.75) is 44.1 Å². The number of nitro benzene ring substituents is 1. The van der Waals surface area contributed by atoms with E-state index in [2.05, 4.69) is 23.5 Å². The summed E-state index contributed by atoms with van der Waals surface area (Å²) in [7, 11) is 0. The number of carbonyl (C=O) groups is 1. The van der Waals surface area contributed by atoms with Gasteiger partial charge in [-0.2, -0.15) is 0 Å². The highest BCUT2D eigenvalue weighted by Gasteiger charge is 2.38. The zero-order valence-electron chi connectivity index (χ0n) is 17.5. The summed E-state index contributed by atoms with van der Waals surface area (Å²) in [6, 6.07) is 13.0. The van der Waals surface area contributed by atoms with Crippen LogP contribution in [0.25, 0.3) is 0 Å². The molecule has 2 aliphatic heterocycles. The zero-order chi connectivity index (χ0) is 21.4. The SMILES string of the molecule is O=C(c1ccc2c(c1)[C@@H]1C=CC[C@H]1[C@H](c1ccc([N+](=O)[O-])cc1)N2)N1CCCCCC1. The van der Waals surface area contributed by atoms with E-state index in [1.165, 1.54) is 18.4 Å². The van der Waals surface area contributed by atoms with Gasteiger partial charge in [-0.3, -0.25) is 14.9 Å². The summed E-state index contributed by atoms with van der Waals surface area (Å²) in [5, 5.41) is 14.7. The topological polar surface area (TPSA) is 75.5 Å². The van der Waals surface area contributed by atoms with Gasteiger partial charge in [0, 0.05) is 42.4 Å². The van der Waals surface area contributed by atoms with Crippen molar-refractivity contribution in [2.75, 3.05) is 18.4 Å². The highest BCUT2D eigenvalue weighted by Crippen LogP contribution is 2.50. The number of nitrogens with zero attached hydrogens (tertiary/aromatic N) is 2. The van der Waals surface area contributed by atoms with E-state index < -0.39 is 0 Å². The van der Waals surface area contributed by atoms with Crippen LogP contribution in [0.2, 0.25) is 0 Å². The fourth-order valence-electron chi connectivity index (χ4n) is 5.32. The molecule has 2 aromatic rings. The number of rotatable bonds is 3. The van der Waals surface area contributed by atoms with Crippen molar-refractivity contribution in [3.63, 3.8) is 0 Å². The van der Waals surface area contributed by atoms with Gasteiger partial charge < -0.3 is 10.2 Å². The summed E-state index contributed by atoms with van der Waals surface area (Å²) in [5.74, 6) is 0.714. The molecule has 2 heterocycles. The standard InChI is InChI=1S/C25H27N3O3/c29-25(27-14-3-1-2-4-15-27)18-10-13-23-22(16-18)20-6-5-7-21(20)24(26-23)17-8-11-19(12-9-17)28(30)31/h5-6,8-13,16,20-21,24,26H,1-4,7,14-15H2/t20-,21-,24+/m1/s1. The van der Waals surface area contributed by atoms with E-state index in [0.29, 0.717) is 5.92 Å². The number of allylic oxidation sites excluding steroid dienone is 2. The summed E-state index contributed by atoms with van der Waals surface area (Å²) >= 11 is 0. The van der Waals surface area contributed by atoms with Crippen molar-refractivity contribution in [1.82, 2.24) is 4.90 Å². The van der Waals surface area contributed by atoms with Crippen molar-refractivity contribution in [3.8, 4) is 0 Å². The summed E-state index contributed by atoms with van der Waals surface area (Å²) in [4.78, 5) is 25.8. The summed E-state index contributed by atoms with van der Waals surface area (Å²) < 4.78 is 0. The highest BCUT2D eigenvalue weighted by atomic mass is 16.6. The zero-order valence-corrected chi connectivity index (χ0v) is 17.5. The quantitative estimate of drug-likeness (QED) is 0.410. The van der Waals surface area contributed by atoms with Gasteiger partial charge in [0.25, 0.3) is 11.6 Å². The maximum Gasteiger partial charge on any atom is 0.269 e. The number of likely N-dealkylation sites (tertiary alicyclic amines) is 1. The third-order valence-electron chi connectivity index (χ3n) is 6.97. The van der Waals surface area contributed by atoms with Gasteiger partial charge in [-0.05, 0) is 54.5 Å². The molecule has 0 aromatic heterocycles. The van der Waals surface area contributed by atoms with Crippen LogP contribution in [0.5, 0.6) is 0 Å². The van der Waals surface area contributed by atoms with Crippen LogP contribution in [0.1, 0.15) is 65.5 Å². The molecule has 160 valence electrons. The van der Waals surface area contributed by atoms with Gasteiger partial charge in [0.1, 0.15) is 0 Å². The van der Waals surface area contributed by atoms with E-state index >= 15 is 0 Å². The largest absolute Gasteiger partial charge is 0.378 e. The average molecular weight is 418 g/mol. The Bertz CT molecular complexity index is 1020. The average Bonchev–Trinajstić information content (AvgIpc) is 3.13. The minimum absolute atomic E-state index is 0.0838. The van der Waals surface area contributed by atoms with Crippen LogP contribution in [-0.2, 0) is 0 Å². The van der Waals surface area contributed by atoms with Gasteiger partial charge in [0.05, 0.1) is 11.0 Å². The molecule has 1 N–H and O–H groups in total. The molecule has 2 aromatic carbocycles. The molecule has 0 radical (unpaired) electrons. The minimum Gasteiger partial charge on any atom is -0.378 e. The van der Waals surface area contributed by atoms with E-state index in [1.54, 1.807) is 12.1 Å². The van der Waals surface area contributed by atoms with Crippen LogP contribution in [-0.4, -0.2) is 28.8 Å². The number of nitro groups is 1. The number of anilines is 1. The molecule has 1 saturated heterocycles. The predicted molar refractivity (Wildman–Crippen MR) is 120 cm³/mol. The molecule has 0 bridgehead atoms. The Morgan fingerprint density at radius 1 is 1.03 bits per heavy atom. The van der Waals surface area contributed by atoms with Gasteiger partial charge in [-0.1, -0.05) is 37.1 Å². The van der Waals surface area contributed by atoms with Crippen LogP contribution in [0, 0.1) is 16.0 Å². The first-order valence-electron chi connectivity index (χ1n) is 11.2. The molecule has 6 heteroatoms. The number of fused-ring (bicyclic) bond motifs is 3. The molecular weight excluding hydrogens is 390 g/mol. The van der Waals surface area contributed by atoms with Crippen LogP contribution >= 0.6 is 0 Å².